The maximum absolute atomic E-state index is 12.2. The number of nitrogens with zero attached hydrogens (tertiary/aromatic N) is 2. The molecule has 0 aromatic rings. The number of carboxylic acids is 1. The molecular weight excluding hydrogens is 236 g/mol. The lowest BCUT2D eigenvalue weighted by atomic mass is 10.0. The van der Waals surface area contributed by atoms with Gasteiger partial charge in [0.2, 0.25) is 5.91 Å². The molecule has 2 aliphatic heterocycles. The van der Waals surface area contributed by atoms with E-state index in [0.717, 1.165) is 6.42 Å². The number of amides is 1. The van der Waals surface area contributed by atoms with Crippen LogP contribution in [0.1, 0.15) is 13.3 Å². The van der Waals surface area contributed by atoms with Gasteiger partial charge in [0, 0.05) is 26.2 Å². The Morgan fingerprint density at radius 2 is 1.94 bits per heavy atom. The number of hydrogen-bond acceptors (Lipinski definition) is 4. The van der Waals surface area contributed by atoms with Gasteiger partial charge in [0.1, 0.15) is 0 Å². The van der Waals surface area contributed by atoms with Crippen molar-refractivity contribution in [3.63, 3.8) is 0 Å². The Morgan fingerprint density at radius 1 is 1.28 bits per heavy atom. The van der Waals surface area contributed by atoms with Crippen molar-refractivity contribution in [3.8, 4) is 0 Å². The monoisotopic (exact) mass is 256 g/mol. The van der Waals surface area contributed by atoms with Crippen molar-refractivity contribution in [2.75, 3.05) is 39.3 Å². The lowest BCUT2D eigenvalue weighted by molar-refractivity contribution is -0.140. The van der Waals surface area contributed by atoms with Crippen molar-refractivity contribution in [3.05, 3.63) is 0 Å². The van der Waals surface area contributed by atoms with E-state index < -0.39 is 5.97 Å². The lowest BCUT2D eigenvalue weighted by Crippen LogP contribution is -2.51. The van der Waals surface area contributed by atoms with Gasteiger partial charge in [0.15, 0.2) is 0 Å². The second-order valence-electron chi connectivity index (χ2n) is 5.07. The molecule has 2 rings (SSSR count). The van der Waals surface area contributed by atoms with Crippen molar-refractivity contribution in [2.24, 2.45) is 5.92 Å². The number of hydrogen-bond donors (Lipinski definition) is 1. The Hall–Kier alpha value is -1.14. The van der Waals surface area contributed by atoms with E-state index in [0.29, 0.717) is 32.8 Å². The van der Waals surface area contributed by atoms with Crippen molar-refractivity contribution >= 4 is 11.9 Å². The summed E-state index contributed by atoms with van der Waals surface area (Å²) in [6, 6.07) is 0. The maximum Gasteiger partial charge on any atom is 0.317 e. The van der Waals surface area contributed by atoms with E-state index in [2.05, 4.69) is 0 Å². The molecule has 2 aliphatic rings. The Kier molecular flexibility index (Phi) is 4.19. The van der Waals surface area contributed by atoms with Gasteiger partial charge in [-0.2, -0.15) is 0 Å². The van der Waals surface area contributed by atoms with Crippen LogP contribution in [0.25, 0.3) is 0 Å². The van der Waals surface area contributed by atoms with Gasteiger partial charge in [0.25, 0.3) is 0 Å². The molecule has 2 saturated heterocycles. The second-order valence-corrected chi connectivity index (χ2v) is 5.07. The third-order valence-electron chi connectivity index (χ3n) is 3.59. The van der Waals surface area contributed by atoms with Gasteiger partial charge in [-0.1, -0.05) is 0 Å². The van der Waals surface area contributed by atoms with E-state index in [1.165, 1.54) is 0 Å². The first kappa shape index (κ1) is 13.3. The van der Waals surface area contributed by atoms with Gasteiger partial charge in [-0.25, -0.2) is 0 Å². The molecule has 6 heteroatoms. The van der Waals surface area contributed by atoms with E-state index >= 15 is 0 Å². The van der Waals surface area contributed by atoms with Gasteiger partial charge < -0.3 is 14.7 Å². The molecule has 2 fully saturated rings. The normalized spacial score (nSPS) is 29.5. The SMILES string of the molecule is CC1CC(C(=O)N2CCN(CC(=O)O)CC2)CO1. The molecule has 0 aromatic heterocycles. The van der Waals surface area contributed by atoms with E-state index in [-0.39, 0.29) is 24.5 Å². The van der Waals surface area contributed by atoms with Gasteiger partial charge in [-0.3, -0.25) is 14.5 Å². The lowest BCUT2D eigenvalue weighted by Gasteiger charge is -2.34. The topological polar surface area (TPSA) is 70.1 Å². The molecule has 1 amide bonds. The summed E-state index contributed by atoms with van der Waals surface area (Å²) in [6.45, 7) is 5.09. The third kappa shape index (κ3) is 3.20. The van der Waals surface area contributed by atoms with Crippen LogP contribution in [-0.4, -0.2) is 72.2 Å². The summed E-state index contributed by atoms with van der Waals surface area (Å²) in [4.78, 5) is 26.5. The van der Waals surface area contributed by atoms with Crippen molar-refractivity contribution in [1.82, 2.24) is 9.80 Å². The highest BCUT2D eigenvalue weighted by atomic mass is 16.5. The molecule has 18 heavy (non-hydrogen) atoms. The summed E-state index contributed by atoms with van der Waals surface area (Å²) in [6.07, 6.45) is 0.973. The molecule has 0 saturated carbocycles. The second kappa shape index (κ2) is 5.67. The van der Waals surface area contributed by atoms with Crippen molar-refractivity contribution < 1.29 is 19.4 Å². The number of rotatable bonds is 3. The Balaban J connectivity index is 1.79. The van der Waals surface area contributed by atoms with Gasteiger partial charge >= 0.3 is 5.97 Å². The van der Waals surface area contributed by atoms with Crippen LogP contribution >= 0.6 is 0 Å². The van der Waals surface area contributed by atoms with E-state index in [1.807, 2.05) is 16.7 Å². The van der Waals surface area contributed by atoms with E-state index in [1.54, 1.807) is 0 Å². The fourth-order valence-electron chi connectivity index (χ4n) is 2.57. The first-order valence-electron chi connectivity index (χ1n) is 6.41. The van der Waals surface area contributed by atoms with Crippen LogP contribution in [0.2, 0.25) is 0 Å². The average Bonchev–Trinajstić information content (AvgIpc) is 2.75. The quantitative estimate of drug-likeness (QED) is 0.747. The van der Waals surface area contributed by atoms with E-state index in [9.17, 15) is 9.59 Å². The van der Waals surface area contributed by atoms with Crippen molar-refractivity contribution in [1.29, 1.82) is 0 Å². The largest absolute Gasteiger partial charge is 0.480 e. The molecule has 0 aliphatic carbocycles. The zero-order valence-corrected chi connectivity index (χ0v) is 10.7. The summed E-state index contributed by atoms with van der Waals surface area (Å²) in [5, 5.41) is 8.70. The van der Waals surface area contributed by atoms with Crippen LogP contribution in [0.3, 0.4) is 0 Å². The minimum absolute atomic E-state index is 0.00831. The van der Waals surface area contributed by atoms with Gasteiger partial charge in [-0.15, -0.1) is 0 Å². The fourth-order valence-corrected chi connectivity index (χ4v) is 2.57. The third-order valence-corrected chi connectivity index (χ3v) is 3.59. The minimum atomic E-state index is -0.812. The smallest absolute Gasteiger partial charge is 0.317 e. The molecule has 2 heterocycles. The Labute approximate surface area is 106 Å². The van der Waals surface area contributed by atoms with Crippen LogP contribution in [0, 0.1) is 5.92 Å². The molecule has 0 aromatic carbocycles. The molecule has 1 N–H and O–H groups in total. The molecule has 0 radical (unpaired) electrons. The Bertz CT molecular complexity index is 326. The summed E-state index contributed by atoms with van der Waals surface area (Å²) in [5.41, 5.74) is 0. The number of aliphatic carboxylic acids is 1. The molecule has 2 atom stereocenters. The highest BCUT2D eigenvalue weighted by molar-refractivity contribution is 5.79. The van der Waals surface area contributed by atoms with Crippen LogP contribution < -0.4 is 0 Å². The average molecular weight is 256 g/mol. The summed E-state index contributed by atoms with van der Waals surface area (Å²) in [7, 11) is 0. The predicted octanol–water partition coefficient (Wildman–Crippen LogP) is -0.360. The molecule has 0 spiro atoms. The van der Waals surface area contributed by atoms with Gasteiger partial charge in [0.05, 0.1) is 25.2 Å². The number of piperazine rings is 1. The number of carbonyl (C=O) groups excluding carboxylic acids is 1. The summed E-state index contributed by atoms with van der Waals surface area (Å²) in [5.74, 6) is -0.659. The summed E-state index contributed by atoms with van der Waals surface area (Å²) >= 11 is 0. The van der Waals surface area contributed by atoms with Crippen LogP contribution in [0.5, 0.6) is 0 Å². The van der Waals surface area contributed by atoms with Gasteiger partial charge in [-0.05, 0) is 13.3 Å². The zero-order chi connectivity index (χ0) is 13.1. The first-order chi connectivity index (χ1) is 8.56. The zero-order valence-electron chi connectivity index (χ0n) is 10.7. The highest BCUT2D eigenvalue weighted by Gasteiger charge is 2.32. The molecular formula is C12H20N2O4. The number of carboxylic acid groups (broad SMARTS) is 1. The molecule has 0 bridgehead atoms. The number of carbonyl (C=O) groups is 2. The fraction of sp³-hybridized carbons (Fsp3) is 0.833. The summed E-state index contributed by atoms with van der Waals surface area (Å²) < 4.78 is 5.42. The molecule has 6 nitrogen and oxygen atoms in total. The maximum atomic E-state index is 12.2. The molecule has 102 valence electrons. The minimum Gasteiger partial charge on any atom is -0.480 e. The van der Waals surface area contributed by atoms with Crippen LogP contribution in [0.4, 0.5) is 0 Å². The first-order valence-corrected chi connectivity index (χ1v) is 6.41. The van der Waals surface area contributed by atoms with Crippen LogP contribution in [0.15, 0.2) is 0 Å². The Morgan fingerprint density at radius 3 is 2.44 bits per heavy atom. The standard InChI is InChI=1S/C12H20N2O4/c1-9-6-10(8-18-9)12(17)14-4-2-13(3-5-14)7-11(15)16/h9-10H,2-8H2,1H3,(H,15,16). The molecule has 2 unspecified atom stereocenters. The predicted molar refractivity (Wildman–Crippen MR) is 64.2 cm³/mol. The van der Waals surface area contributed by atoms with Crippen molar-refractivity contribution in [2.45, 2.75) is 19.4 Å². The van der Waals surface area contributed by atoms with Crippen LogP contribution in [-0.2, 0) is 14.3 Å². The number of ether oxygens (including phenoxy) is 1. The van der Waals surface area contributed by atoms with E-state index in [4.69, 9.17) is 9.84 Å². The highest BCUT2D eigenvalue weighted by Crippen LogP contribution is 2.21.